The third kappa shape index (κ3) is 3.67. The Balaban J connectivity index is 1.45. The number of fused-ring (bicyclic) bond motifs is 5. The van der Waals surface area contributed by atoms with Crippen molar-refractivity contribution in [3.05, 3.63) is 77.4 Å². The molecule has 4 heterocycles. The van der Waals surface area contributed by atoms with Crippen LogP contribution in [0.3, 0.4) is 0 Å². The van der Waals surface area contributed by atoms with Crippen molar-refractivity contribution in [3.63, 3.8) is 0 Å². The van der Waals surface area contributed by atoms with Crippen molar-refractivity contribution in [2.45, 2.75) is 27.2 Å². The van der Waals surface area contributed by atoms with Crippen LogP contribution in [-0.2, 0) is 6.42 Å². The number of nitrogens with zero attached hydrogens (tertiary/aromatic N) is 5. The first kappa shape index (κ1) is 21.6. The number of carboxylic acids is 1. The fourth-order valence-electron chi connectivity index (χ4n) is 4.34. The first-order valence-electron chi connectivity index (χ1n) is 11.2. The van der Waals surface area contributed by atoms with Gasteiger partial charge in [0.25, 0.3) is 0 Å². The summed E-state index contributed by atoms with van der Waals surface area (Å²) in [4.78, 5) is 27.5. The predicted octanol–water partition coefficient (Wildman–Crippen LogP) is 4.74. The second-order valence-corrected chi connectivity index (χ2v) is 8.25. The van der Waals surface area contributed by atoms with E-state index in [0.717, 1.165) is 52.1 Å². The van der Waals surface area contributed by atoms with Crippen LogP contribution in [-0.4, -0.2) is 43.7 Å². The first-order valence-corrected chi connectivity index (χ1v) is 11.2. The van der Waals surface area contributed by atoms with Crippen LogP contribution in [0.1, 0.15) is 34.1 Å². The van der Waals surface area contributed by atoms with Crippen LogP contribution in [0.15, 0.2) is 55.0 Å². The van der Waals surface area contributed by atoms with Crippen LogP contribution in [0.5, 0.6) is 5.75 Å². The summed E-state index contributed by atoms with van der Waals surface area (Å²) in [6.45, 7) is 7.14. The van der Waals surface area contributed by atoms with Gasteiger partial charge in [-0.15, -0.1) is 0 Å². The number of aromatic nitrogens is 4. The molecule has 1 N–H and O–H groups in total. The fourth-order valence-corrected chi connectivity index (χ4v) is 4.34. The summed E-state index contributed by atoms with van der Waals surface area (Å²) >= 11 is 0. The number of benzene rings is 1. The Labute approximate surface area is 197 Å². The van der Waals surface area contributed by atoms with Crippen molar-refractivity contribution in [3.8, 4) is 22.8 Å². The minimum absolute atomic E-state index is 0.251. The maximum absolute atomic E-state index is 11.1. The average Bonchev–Trinajstić information content (AvgIpc) is 3.17. The topological polar surface area (TPSA) is 93.4 Å². The van der Waals surface area contributed by atoms with Gasteiger partial charge in [-0.2, -0.15) is 0 Å². The number of rotatable bonds is 6. The van der Waals surface area contributed by atoms with Crippen molar-refractivity contribution in [2.75, 3.05) is 18.1 Å². The van der Waals surface area contributed by atoms with E-state index < -0.39 is 5.97 Å². The minimum atomic E-state index is -0.947. The number of carboxylic acid groups (broad SMARTS) is 1. The van der Waals surface area contributed by atoms with Gasteiger partial charge < -0.3 is 14.7 Å². The van der Waals surface area contributed by atoms with E-state index in [1.165, 1.54) is 0 Å². The Hall–Kier alpha value is -4.20. The lowest BCUT2D eigenvalue weighted by Crippen LogP contribution is -2.20. The monoisotopic (exact) mass is 455 g/mol. The SMILES string of the molecule is CCN1c2ncc(CCOc3ccc(C(=O)O)cc3C)cc2-c2ncc(C)n2-c2cccnc21. The molecule has 0 aliphatic carbocycles. The second-order valence-electron chi connectivity index (χ2n) is 8.25. The van der Waals surface area contributed by atoms with Gasteiger partial charge >= 0.3 is 5.97 Å². The van der Waals surface area contributed by atoms with E-state index in [2.05, 4.69) is 33.5 Å². The molecule has 0 unspecified atom stereocenters. The molecular weight excluding hydrogens is 430 g/mol. The zero-order valence-corrected chi connectivity index (χ0v) is 19.3. The van der Waals surface area contributed by atoms with E-state index in [4.69, 9.17) is 19.8 Å². The largest absolute Gasteiger partial charge is 0.493 e. The lowest BCUT2D eigenvalue weighted by atomic mass is 10.1. The van der Waals surface area contributed by atoms with Gasteiger partial charge in [0, 0.05) is 37.3 Å². The smallest absolute Gasteiger partial charge is 0.335 e. The number of hydrogen-bond acceptors (Lipinski definition) is 6. The van der Waals surface area contributed by atoms with E-state index in [0.29, 0.717) is 18.8 Å². The molecule has 0 bridgehead atoms. The molecule has 1 aliphatic heterocycles. The molecule has 1 aromatic carbocycles. The molecule has 0 radical (unpaired) electrons. The summed E-state index contributed by atoms with van der Waals surface area (Å²) in [6, 6.07) is 11.0. The van der Waals surface area contributed by atoms with E-state index in [-0.39, 0.29) is 5.56 Å². The highest BCUT2D eigenvalue weighted by Gasteiger charge is 2.28. The minimum Gasteiger partial charge on any atom is -0.493 e. The predicted molar refractivity (Wildman–Crippen MR) is 129 cm³/mol. The maximum Gasteiger partial charge on any atom is 0.335 e. The zero-order valence-electron chi connectivity index (χ0n) is 19.3. The third-order valence-corrected chi connectivity index (χ3v) is 6.01. The van der Waals surface area contributed by atoms with Crippen molar-refractivity contribution in [1.29, 1.82) is 0 Å². The molecule has 0 spiro atoms. The number of ether oxygens (including phenoxy) is 1. The maximum atomic E-state index is 11.1. The lowest BCUT2D eigenvalue weighted by Gasteiger charge is -2.22. The number of imidazole rings is 1. The van der Waals surface area contributed by atoms with Crippen molar-refractivity contribution >= 4 is 17.6 Å². The lowest BCUT2D eigenvalue weighted by molar-refractivity contribution is 0.0696. The molecule has 5 rings (SSSR count). The Morgan fingerprint density at radius 3 is 2.68 bits per heavy atom. The average molecular weight is 456 g/mol. The fraction of sp³-hybridized carbons (Fsp3) is 0.231. The summed E-state index contributed by atoms with van der Waals surface area (Å²) in [7, 11) is 0. The van der Waals surface area contributed by atoms with Gasteiger partial charge in [0.15, 0.2) is 5.82 Å². The normalized spacial score (nSPS) is 11.9. The molecule has 3 aromatic heterocycles. The highest BCUT2D eigenvalue weighted by atomic mass is 16.5. The number of hydrogen-bond donors (Lipinski definition) is 1. The van der Waals surface area contributed by atoms with E-state index in [9.17, 15) is 4.79 Å². The molecule has 34 heavy (non-hydrogen) atoms. The summed E-state index contributed by atoms with van der Waals surface area (Å²) < 4.78 is 8.08. The summed E-state index contributed by atoms with van der Waals surface area (Å²) in [5.41, 5.74) is 5.04. The molecule has 0 amide bonds. The summed E-state index contributed by atoms with van der Waals surface area (Å²) in [5, 5.41) is 9.15. The van der Waals surface area contributed by atoms with Crippen molar-refractivity contribution in [2.24, 2.45) is 0 Å². The van der Waals surface area contributed by atoms with Crippen LogP contribution in [0.4, 0.5) is 11.6 Å². The molecule has 1 aliphatic rings. The van der Waals surface area contributed by atoms with Crippen molar-refractivity contribution in [1.82, 2.24) is 19.5 Å². The number of anilines is 2. The van der Waals surface area contributed by atoms with Gasteiger partial charge in [-0.1, -0.05) is 0 Å². The molecule has 0 atom stereocenters. The number of aromatic carboxylic acids is 1. The van der Waals surface area contributed by atoms with Crippen LogP contribution >= 0.6 is 0 Å². The number of carbonyl (C=O) groups is 1. The van der Waals surface area contributed by atoms with Gasteiger partial charge in [0.1, 0.15) is 17.4 Å². The summed E-state index contributed by atoms with van der Waals surface area (Å²) in [6.07, 6.45) is 6.20. The van der Waals surface area contributed by atoms with E-state index in [1.54, 1.807) is 24.4 Å². The molecule has 8 heteroatoms. The highest BCUT2D eigenvalue weighted by Crippen LogP contribution is 2.40. The molecular formula is C26H25N5O3. The van der Waals surface area contributed by atoms with Gasteiger partial charge in [-0.25, -0.2) is 19.7 Å². The number of aryl methyl sites for hydroxylation is 2. The van der Waals surface area contributed by atoms with Crippen LogP contribution in [0, 0.1) is 13.8 Å². The Bertz CT molecular complexity index is 1400. The molecule has 8 nitrogen and oxygen atoms in total. The molecule has 172 valence electrons. The van der Waals surface area contributed by atoms with Gasteiger partial charge in [-0.05, 0) is 68.3 Å². The second kappa shape index (κ2) is 8.62. The quantitative estimate of drug-likeness (QED) is 0.449. The molecule has 0 saturated heterocycles. The van der Waals surface area contributed by atoms with Crippen LogP contribution in [0.2, 0.25) is 0 Å². The van der Waals surface area contributed by atoms with Gasteiger partial charge in [0.05, 0.1) is 23.4 Å². The Kier molecular flexibility index (Phi) is 5.49. The van der Waals surface area contributed by atoms with Crippen LogP contribution < -0.4 is 9.64 Å². The molecule has 0 saturated carbocycles. The first-order chi connectivity index (χ1) is 16.5. The van der Waals surface area contributed by atoms with Gasteiger partial charge in [0.2, 0.25) is 0 Å². The zero-order chi connectivity index (χ0) is 23.8. The summed E-state index contributed by atoms with van der Waals surface area (Å²) in [5.74, 6) is 2.26. The van der Waals surface area contributed by atoms with Gasteiger partial charge in [-0.3, -0.25) is 4.57 Å². The molecule has 4 aromatic rings. The standard InChI is InChI=1S/C26H25N5O3/c1-4-30-23-20(24-28-14-17(3)31(24)21-6-5-10-27-25(21)30)13-18(15-29-23)9-11-34-22-8-7-19(26(32)33)12-16(22)2/h5-8,10,12-15H,4,9,11H2,1-3H3,(H,32,33). The third-order valence-electron chi connectivity index (χ3n) is 6.01. The molecule has 0 fully saturated rings. The Morgan fingerprint density at radius 2 is 1.91 bits per heavy atom. The number of pyridine rings is 2. The van der Waals surface area contributed by atoms with E-state index in [1.807, 2.05) is 32.3 Å². The van der Waals surface area contributed by atoms with Crippen molar-refractivity contribution < 1.29 is 14.6 Å². The highest BCUT2D eigenvalue weighted by molar-refractivity contribution is 5.88. The Morgan fingerprint density at radius 1 is 1.06 bits per heavy atom. The van der Waals surface area contributed by atoms with Crippen LogP contribution in [0.25, 0.3) is 17.1 Å². The van der Waals surface area contributed by atoms with E-state index >= 15 is 0 Å².